The molecule has 1 heterocycles. The maximum Gasteiger partial charge on any atom is 0.236 e. The van der Waals surface area contributed by atoms with Crippen molar-refractivity contribution in [2.24, 2.45) is 0 Å². The van der Waals surface area contributed by atoms with Gasteiger partial charge in [0.2, 0.25) is 5.91 Å². The van der Waals surface area contributed by atoms with Crippen LogP contribution in [0.15, 0.2) is 48.5 Å². The second-order valence-electron chi connectivity index (χ2n) is 7.68. The number of likely N-dealkylation sites (N-methyl/N-ethyl adjacent to an activating group) is 1. The molecule has 2 aromatic rings. The van der Waals surface area contributed by atoms with E-state index in [9.17, 15) is 4.79 Å². The van der Waals surface area contributed by atoms with Crippen LogP contribution >= 0.6 is 11.6 Å². The molecule has 2 aromatic carbocycles. The van der Waals surface area contributed by atoms with Crippen LogP contribution in [0, 0.1) is 0 Å². The first-order chi connectivity index (χ1) is 14.0. The summed E-state index contributed by atoms with van der Waals surface area (Å²) >= 11 is 6.32. The SMILES string of the molecule is CCN(CC(=O)N1CCN(c2ccccc2Cl)CC1)Cc1ccc(N(C)C)cc1. The molecule has 0 bridgehead atoms. The van der Waals surface area contributed by atoms with Crippen molar-refractivity contribution in [2.45, 2.75) is 13.5 Å². The summed E-state index contributed by atoms with van der Waals surface area (Å²) < 4.78 is 0. The Bertz CT molecular complexity index is 801. The van der Waals surface area contributed by atoms with Crippen LogP contribution in [0.25, 0.3) is 0 Å². The van der Waals surface area contributed by atoms with Gasteiger partial charge in [0, 0.05) is 52.5 Å². The molecule has 0 aromatic heterocycles. The Morgan fingerprint density at radius 1 is 1.00 bits per heavy atom. The lowest BCUT2D eigenvalue weighted by Crippen LogP contribution is -2.51. The Labute approximate surface area is 179 Å². The largest absolute Gasteiger partial charge is 0.378 e. The molecule has 6 heteroatoms. The number of amides is 1. The van der Waals surface area contributed by atoms with Gasteiger partial charge in [-0.1, -0.05) is 42.8 Å². The van der Waals surface area contributed by atoms with Gasteiger partial charge in [-0.25, -0.2) is 0 Å². The van der Waals surface area contributed by atoms with Gasteiger partial charge in [-0.05, 0) is 36.4 Å². The lowest BCUT2D eigenvalue weighted by Gasteiger charge is -2.37. The fourth-order valence-electron chi connectivity index (χ4n) is 3.63. The fourth-order valence-corrected chi connectivity index (χ4v) is 3.89. The van der Waals surface area contributed by atoms with Crippen LogP contribution in [0.2, 0.25) is 5.02 Å². The normalized spacial score (nSPS) is 14.4. The molecule has 1 amide bonds. The summed E-state index contributed by atoms with van der Waals surface area (Å²) in [4.78, 5) is 21.4. The van der Waals surface area contributed by atoms with Crippen LogP contribution in [0.5, 0.6) is 0 Å². The van der Waals surface area contributed by atoms with Gasteiger partial charge in [-0.2, -0.15) is 0 Å². The average molecular weight is 415 g/mol. The van der Waals surface area contributed by atoms with Crippen LogP contribution < -0.4 is 9.80 Å². The predicted octanol–water partition coefficient (Wildman–Crippen LogP) is 3.58. The molecule has 156 valence electrons. The minimum Gasteiger partial charge on any atom is -0.378 e. The van der Waals surface area contributed by atoms with E-state index in [-0.39, 0.29) is 5.91 Å². The van der Waals surface area contributed by atoms with E-state index in [1.165, 1.54) is 11.3 Å². The van der Waals surface area contributed by atoms with Crippen LogP contribution in [-0.2, 0) is 11.3 Å². The number of piperazine rings is 1. The quantitative estimate of drug-likeness (QED) is 0.692. The lowest BCUT2D eigenvalue weighted by atomic mass is 10.2. The van der Waals surface area contributed by atoms with E-state index in [0.717, 1.165) is 50.0 Å². The van der Waals surface area contributed by atoms with E-state index >= 15 is 0 Å². The third-order valence-corrected chi connectivity index (χ3v) is 5.81. The monoisotopic (exact) mass is 414 g/mol. The van der Waals surface area contributed by atoms with Gasteiger partial charge < -0.3 is 14.7 Å². The summed E-state index contributed by atoms with van der Waals surface area (Å²) in [5.74, 6) is 0.204. The van der Waals surface area contributed by atoms with E-state index < -0.39 is 0 Å². The average Bonchev–Trinajstić information content (AvgIpc) is 2.74. The number of para-hydroxylation sites is 1. The number of halogens is 1. The molecule has 0 radical (unpaired) electrons. The highest BCUT2D eigenvalue weighted by atomic mass is 35.5. The number of carbonyl (C=O) groups excluding carboxylic acids is 1. The Hall–Kier alpha value is -2.24. The molecule has 1 aliphatic heterocycles. The van der Waals surface area contributed by atoms with Crippen molar-refractivity contribution in [3.05, 3.63) is 59.1 Å². The molecule has 0 spiro atoms. The van der Waals surface area contributed by atoms with Gasteiger partial charge in [-0.15, -0.1) is 0 Å². The van der Waals surface area contributed by atoms with E-state index in [2.05, 4.69) is 45.9 Å². The Morgan fingerprint density at radius 2 is 1.66 bits per heavy atom. The van der Waals surface area contributed by atoms with Crippen molar-refractivity contribution in [3.8, 4) is 0 Å². The summed E-state index contributed by atoms with van der Waals surface area (Å²) in [6, 6.07) is 16.4. The van der Waals surface area contributed by atoms with Crippen molar-refractivity contribution in [1.29, 1.82) is 0 Å². The van der Waals surface area contributed by atoms with E-state index in [1.54, 1.807) is 0 Å². The van der Waals surface area contributed by atoms with Crippen molar-refractivity contribution >= 4 is 28.9 Å². The first-order valence-electron chi connectivity index (χ1n) is 10.2. The molecule has 5 nitrogen and oxygen atoms in total. The first-order valence-corrected chi connectivity index (χ1v) is 10.6. The molecule has 29 heavy (non-hydrogen) atoms. The van der Waals surface area contributed by atoms with Gasteiger partial charge in [0.15, 0.2) is 0 Å². The highest BCUT2D eigenvalue weighted by Gasteiger charge is 2.23. The number of anilines is 2. The Balaban J connectivity index is 1.52. The zero-order valence-electron chi connectivity index (χ0n) is 17.6. The predicted molar refractivity (Wildman–Crippen MR) is 122 cm³/mol. The van der Waals surface area contributed by atoms with Gasteiger partial charge >= 0.3 is 0 Å². The van der Waals surface area contributed by atoms with E-state index in [4.69, 9.17) is 11.6 Å². The number of rotatable bonds is 7. The Kier molecular flexibility index (Phi) is 7.40. The summed E-state index contributed by atoms with van der Waals surface area (Å²) in [7, 11) is 4.08. The van der Waals surface area contributed by atoms with Crippen molar-refractivity contribution in [2.75, 3.05) is 63.2 Å². The van der Waals surface area contributed by atoms with Crippen LogP contribution in [0.4, 0.5) is 11.4 Å². The highest BCUT2D eigenvalue weighted by Crippen LogP contribution is 2.26. The van der Waals surface area contributed by atoms with Crippen LogP contribution in [0.1, 0.15) is 12.5 Å². The second-order valence-corrected chi connectivity index (χ2v) is 8.09. The molecule has 1 aliphatic rings. The summed E-state index contributed by atoms with van der Waals surface area (Å²) in [5, 5.41) is 0.768. The fraction of sp³-hybridized carbons (Fsp3) is 0.435. The first kappa shape index (κ1) is 21.5. The smallest absolute Gasteiger partial charge is 0.236 e. The van der Waals surface area contributed by atoms with Crippen LogP contribution in [0.3, 0.4) is 0 Å². The molecule has 1 fully saturated rings. The number of benzene rings is 2. The molecule has 0 unspecified atom stereocenters. The zero-order chi connectivity index (χ0) is 20.8. The molecule has 3 rings (SSSR count). The molecule has 0 aliphatic carbocycles. The van der Waals surface area contributed by atoms with E-state index in [0.29, 0.717) is 6.54 Å². The van der Waals surface area contributed by atoms with Gasteiger partial charge in [0.25, 0.3) is 0 Å². The van der Waals surface area contributed by atoms with Gasteiger partial charge in [-0.3, -0.25) is 9.69 Å². The molecular formula is C23H31ClN4O. The van der Waals surface area contributed by atoms with Gasteiger partial charge in [0.1, 0.15) is 0 Å². The topological polar surface area (TPSA) is 30.0 Å². The number of hydrogen-bond donors (Lipinski definition) is 0. The van der Waals surface area contributed by atoms with Crippen molar-refractivity contribution in [3.63, 3.8) is 0 Å². The molecule has 0 saturated carbocycles. The zero-order valence-corrected chi connectivity index (χ0v) is 18.4. The molecule has 0 N–H and O–H groups in total. The van der Waals surface area contributed by atoms with Crippen LogP contribution in [-0.4, -0.2) is 69.1 Å². The molecule has 1 saturated heterocycles. The molecule has 0 atom stereocenters. The maximum absolute atomic E-state index is 12.8. The van der Waals surface area contributed by atoms with Crippen molar-refractivity contribution < 1.29 is 4.79 Å². The minimum absolute atomic E-state index is 0.204. The minimum atomic E-state index is 0.204. The Morgan fingerprint density at radius 3 is 2.24 bits per heavy atom. The number of carbonyl (C=O) groups is 1. The summed E-state index contributed by atoms with van der Waals surface area (Å²) in [5.41, 5.74) is 3.47. The summed E-state index contributed by atoms with van der Waals surface area (Å²) in [6.07, 6.45) is 0. The summed E-state index contributed by atoms with van der Waals surface area (Å²) in [6.45, 7) is 7.30. The maximum atomic E-state index is 12.8. The van der Waals surface area contributed by atoms with Gasteiger partial charge in [0.05, 0.1) is 17.3 Å². The second kappa shape index (κ2) is 9.99. The third kappa shape index (κ3) is 5.64. The standard InChI is InChI=1S/C23H31ClN4O/c1-4-26(17-19-9-11-20(12-10-19)25(2)3)18-23(29)28-15-13-27(14-16-28)22-8-6-5-7-21(22)24/h5-12H,4,13-18H2,1-3H3. The number of nitrogens with zero attached hydrogens (tertiary/aromatic N) is 4. The highest BCUT2D eigenvalue weighted by molar-refractivity contribution is 6.33. The lowest BCUT2D eigenvalue weighted by molar-refractivity contribution is -0.132. The van der Waals surface area contributed by atoms with E-state index in [1.807, 2.05) is 43.3 Å². The third-order valence-electron chi connectivity index (χ3n) is 5.49. The molecular weight excluding hydrogens is 384 g/mol. The number of hydrogen-bond acceptors (Lipinski definition) is 4. The van der Waals surface area contributed by atoms with Crippen molar-refractivity contribution in [1.82, 2.24) is 9.80 Å².